The summed E-state index contributed by atoms with van der Waals surface area (Å²) in [5.41, 5.74) is 2.49. The monoisotopic (exact) mass is 340 g/mol. The predicted molar refractivity (Wildman–Crippen MR) is 92.3 cm³/mol. The van der Waals surface area contributed by atoms with Crippen LogP contribution in [-0.4, -0.2) is 42.6 Å². The van der Waals surface area contributed by atoms with Crippen LogP contribution in [0.5, 0.6) is 0 Å². The summed E-state index contributed by atoms with van der Waals surface area (Å²) in [5.74, 6) is 0.264. The van der Waals surface area contributed by atoms with E-state index >= 15 is 0 Å². The second-order valence-corrected chi connectivity index (χ2v) is 5.92. The Bertz CT molecular complexity index is 813. The quantitative estimate of drug-likeness (QED) is 0.710. The van der Waals surface area contributed by atoms with Gasteiger partial charge in [-0.15, -0.1) is 5.10 Å². The maximum Gasteiger partial charge on any atom is 0.319 e. The number of aryl methyl sites for hydroxylation is 1. The van der Waals surface area contributed by atoms with Gasteiger partial charge in [0.05, 0.1) is 5.69 Å². The number of rotatable bonds is 6. The highest BCUT2D eigenvalue weighted by molar-refractivity contribution is 5.89. The number of nitrogens with zero attached hydrogens (tertiary/aromatic N) is 6. The number of aromatic nitrogens is 6. The van der Waals surface area contributed by atoms with Gasteiger partial charge in [-0.05, 0) is 47.0 Å². The summed E-state index contributed by atoms with van der Waals surface area (Å²) in [6, 6.07) is 7.22. The number of hydrogen-bond acceptors (Lipinski definition) is 5. The Labute approximate surface area is 145 Å². The average Bonchev–Trinajstić information content (AvgIpc) is 3.28. The van der Waals surface area contributed by atoms with E-state index in [1.807, 2.05) is 42.1 Å². The molecule has 9 nitrogen and oxygen atoms in total. The molecule has 0 aliphatic heterocycles. The van der Waals surface area contributed by atoms with E-state index < -0.39 is 0 Å². The van der Waals surface area contributed by atoms with Crippen LogP contribution in [-0.2, 0) is 6.54 Å². The van der Waals surface area contributed by atoms with Gasteiger partial charge in [-0.3, -0.25) is 4.68 Å². The van der Waals surface area contributed by atoms with E-state index in [4.69, 9.17) is 0 Å². The molecule has 0 spiro atoms. The third kappa shape index (κ3) is 4.40. The van der Waals surface area contributed by atoms with E-state index in [1.165, 1.54) is 6.33 Å². The van der Waals surface area contributed by atoms with E-state index in [2.05, 4.69) is 38.2 Å². The zero-order chi connectivity index (χ0) is 17.6. The van der Waals surface area contributed by atoms with Gasteiger partial charge in [0.2, 0.25) is 0 Å². The second-order valence-electron chi connectivity index (χ2n) is 5.92. The Kier molecular flexibility index (Phi) is 5.03. The summed E-state index contributed by atoms with van der Waals surface area (Å²) in [4.78, 5) is 12.1. The molecule has 1 aromatic carbocycles. The van der Waals surface area contributed by atoms with Crippen molar-refractivity contribution >= 4 is 11.7 Å². The Balaban J connectivity index is 1.55. The molecule has 0 aliphatic rings. The maximum atomic E-state index is 12.1. The first-order valence-corrected chi connectivity index (χ1v) is 7.98. The zero-order valence-corrected chi connectivity index (χ0v) is 14.1. The van der Waals surface area contributed by atoms with Crippen molar-refractivity contribution in [1.82, 2.24) is 35.3 Å². The summed E-state index contributed by atoms with van der Waals surface area (Å²) in [5, 5.41) is 21.0. The zero-order valence-electron chi connectivity index (χ0n) is 14.1. The minimum atomic E-state index is -0.251. The lowest BCUT2D eigenvalue weighted by Gasteiger charge is -2.14. The molecule has 3 aromatic rings. The molecule has 0 fully saturated rings. The Hall–Kier alpha value is -3.23. The SMILES string of the molecule is Cc1ccc(NC(=O)NC[C@H](C)Cn2cccn2)cc1-n1cnnn1. The first-order chi connectivity index (χ1) is 12.1. The first kappa shape index (κ1) is 16.6. The van der Waals surface area contributed by atoms with Crippen LogP contribution in [0.3, 0.4) is 0 Å². The molecule has 2 heterocycles. The van der Waals surface area contributed by atoms with Gasteiger partial charge in [0.1, 0.15) is 6.33 Å². The van der Waals surface area contributed by atoms with Gasteiger partial charge in [0, 0.05) is 31.2 Å². The van der Waals surface area contributed by atoms with E-state index in [0.717, 1.165) is 17.8 Å². The molecule has 2 aromatic heterocycles. The standard InChI is InChI=1S/C16H20N8O/c1-12(10-23-7-3-6-19-23)9-17-16(25)20-14-5-4-13(2)15(8-14)24-11-18-21-22-24/h3-8,11-12H,9-10H2,1-2H3,(H2,17,20,25)/t12-/m0/s1. The van der Waals surface area contributed by atoms with Crippen LogP contribution in [0.15, 0.2) is 43.0 Å². The summed E-state index contributed by atoms with van der Waals surface area (Å²) in [6.07, 6.45) is 5.17. The van der Waals surface area contributed by atoms with Crippen molar-refractivity contribution in [3.05, 3.63) is 48.5 Å². The van der Waals surface area contributed by atoms with Gasteiger partial charge in [0.25, 0.3) is 0 Å². The molecule has 0 saturated carbocycles. The number of amides is 2. The molecule has 0 radical (unpaired) electrons. The molecule has 3 rings (SSSR count). The highest BCUT2D eigenvalue weighted by Gasteiger charge is 2.09. The average molecular weight is 340 g/mol. The van der Waals surface area contributed by atoms with Gasteiger partial charge in [-0.25, -0.2) is 9.48 Å². The predicted octanol–water partition coefficient (Wildman–Crippen LogP) is 1.63. The largest absolute Gasteiger partial charge is 0.338 e. The van der Waals surface area contributed by atoms with Crippen LogP contribution in [0.4, 0.5) is 10.5 Å². The minimum Gasteiger partial charge on any atom is -0.338 e. The number of urea groups is 1. The van der Waals surface area contributed by atoms with Crippen molar-refractivity contribution in [3.63, 3.8) is 0 Å². The van der Waals surface area contributed by atoms with Crippen LogP contribution in [0.2, 0.25) is 0 Å². The molecular weight excluding hydrogens is 320 g/mol. The van der Waals surface area contributed by atoms with Crippen molar-refractivity contribution < 1.29 is 4.79 Å². The molecule has 2 amide bonds. The lowest BCUT2D eigenvalue weighted by molar-refractivity contribution is 0.249. The van der Waals surface area contributed by atoms with Crippen LogP contribution >= 0.6 is 0 Å². The molecule has 1 atom stereocenters. The molecule has 0 aliphatic carbocycles. The summed E-state index contributed by atoms with van der Waals surface area (Å²) in [7, 11) is 0. The Morgan fingerprint density at radius 2 is 2.24 bits per heavy atom. The van der Waals surface area contributed by atoms with Gasteiger partial charge >= 0.3 is 6.03 Å². The van der Waals surface area contributed by atoms with E-state index in [1.54, 1.807) is 10.9 Å². The fraction of sp³-hybridized carbons (Fsp3) is 0.312. The number of carbonyl (C=O) groups excluding carboxylic acids is 1. The molecule has 9 heteroatoms. The van der Waals surface area contributed by atoms with Gasteiger partial charge in [-0.2, -0.15) is 5.10 Å². The van der Waals surface area contributed by atoms with E-state index in [9.17, 15) is 4.79 Å². The van der Waals surface area contributed by atoms with Crippen LogP contribution in [0.1, 0.15) is 12.5 Å². The summed E-state index contributed by atoms with van der Waals surface area (Å²) in [6.45, 7) is 5.32. The highest BCUT2D eigenvalue weighted by Crippen LogP contribution is 2.18. The molecule has 0 unspecified atom stereocenters. The third-order valence-corrected chi connectivity index (χ3v) is 3.73. The fourth-order valence-corrected chi connectivity index (χ4v) is 2.44. The van der Waals surface area contributed by atoms with Crippen molar-refractivity contribution in [2.45, 2.75) is 20.4 Å². The van der Waals surface area contributed by atoms with Crippen LogP contribution in [0, 0.1) is 12.8 Å². The molecule has 0 bridgehead atoms. The molecule has 0 saturated heterocycles. The Morgan fingerprint density at radius 1 is 1.36 bits per heavy atom. The number of benzene rings is 1. The van der Waals surface area contributed by atoms with Gasteiger partial charge < -0.3 is 10.6 Å². The van der Waals surface area contributed by atoms with Gasteiger partial charge in [0.15, 0.2) is 0 Å². The maximum absolute atomic E-state index is 12.1. The number of hydrogen-bond donors (Lipinski definition) is 2. The number of anilines is 1. The number of nitrogens with one attached hydrogen (secondary N) is 2. The van der Waals surface area contributed by atoms with E-state index in [-0.39, 0.29) is 11.9 Å². The smallest absolute Gasteiger partial charge is 0.319 e. The number of carbonyl (C=O) groups is 1. The van der Waals surface area contributed by atoms with Crippen molar-refractivity contribution in [2.24, 2.45) is 5.92 Å². The molecular formula is C16H20N8O. The van der Waals surface area contributed by atoms with Gasteiger partial charge in [-0.1, -0.05) is 13.0 Å². The van der Waals surface area contributed by atoms with Crippen molar-refractivity contribution in [3.8, 4) is 5.69 Å². The second kappa shape index (κ2) is 7.56. The lowest BCUT2D eigenvalue weighted by Crippen LogP contribution is -2.33. The molecule has 130 valence electrons. The van der Waals surface area contributed by atoms with Crippen molar-refractivity contribution in [2.75, 3.05) is 11.9 Å². The van der Waals surface area contributed by atoms with Crippen LogP contribution < -0.4 is 10.6 Å². The minimum absolute atomic E-state index is 0.251. The van der Waals surface area contributed by atoms with E-state index in [0.29, 0.717) is 12.2 Å². The fourth-order valence-electron chi connectivity index (χ4n) is 2.44. The van der Waals surface area contributed by atoms with Crippen LogP contribution in [0.25, 0.3) is 5.69 Å². The first-order valence-electron chi connectivity index (χ1n) is 7.98. The number of tetrazole rings is 1. The normalized spacial score (nSPS) is 11.9. The summed E-state index contributed by atoms with van der Waals surface area (Å²) >= 11 is 0. The molecule has 2 N–H and O–H groups in total. The van der Waals surface area contributed by atoms with Crippen molar-refractivity contribution in [1.29, 1.82) is 0 Å². The Morgan fingerprint density at radius 3 is 2.96 bits per heavy atom. The molecule has 25 heavy (non-hydrogen) atoms. The third-order valence-electron chi connectivity index (χ3n) is 3.73. The lowest BCUT2D eigenvalue weighted by atomic mass is 10.2. The topological polar surface area (TPSA) is 103 Å². The highest BCUT2D eigenvalue weighted by atomic mass is 16.2. The summed E-state index contributed by atoms with van der Waals surface area (Å²) < 4.78 is 3.41.